The number of carbonyl (C=O) groups excluding carboxylic acids is 4. The average Bonchev–Trinajstić information content (AvgIpc) is 4.09. The molecule has 1 aromatic heterocycles. The fraction of sp³-hybridized carbons (Fsp3) is 0.698. The molecule has 13 nitrogen and oxygen atoms in total. The van der Waals surface area contributed by atoms with Crippen LogP contribution in [0.4, 0.5) is 0 Å². The first-order valence-corrected chi connectivity index (χ1v) is 22.6. The maximum absolute atomic E-state index is 14.8. The number of benzene rings is 1. The molecule has 5 aliphatic rings. The number of aryl methyl sites for hydroxylation is 1. The minimum absolute atomic E-state index is 0.0866. The van der Waals surface area contributed by atoms with Gasteiger partial charge in [0.25, 0.3) is 0 Å². The number of methoxy groups -OCH3 is 1. The first-order chi connectivity index (χ1) is 27.2. The van der Waals surface area contributed by atoms with E-state index in [0.717, 1.165) is 62.3 Å². The van der Waals surface area contributed by atoms with Crippen LogP contribution in [-0.4, -0.2) is 86.1 Å². The van der Waals surface area contributed by atoms with Gasteiger partial charge in [0.15, 0.2) is 5.78 Å². The Morgan fingerprint density at radius 1 is 1.02 bits per heavy atom. The summed E-state index contributed by atoms with van der Waals surface area (Å²) in [7, 11) is -2.20. The van der Waals surface area contributed by atoms with Crippen molar-refractivity contribution in [3.8, 4) is 17.4 Å². The molecule has 5 atom stereocenters. The van der Waals surface area contributed by atoms with E-state index in [9.17, 15) is 27.6 Å². The highest BCUT2D eigenvalue weighted by Gasteiger charge is 2.62. The number of amides is 2. The van der Waals surface area contributed by atoms with Gasteiger partial charge in [-0.05, 0) is 81.3 Å². The van der Waals surface area contributed by atoms with Crippen molar-refractivity contribution in [3.05, 3.63) is 23.8 Å². The zero-order valence-corrected chi connectivity index (χ0v) is 34.8. The summed E-state index contributed by atoms with van der Waals surface area (Å²) in [6, 6.07) is 4.71. The Balaban J connectivity index is 1.27. The summed E-state index contributed by atoms with van der Waals surface area (Å²) >= 11 is 0. The first-order valence-electron chi connectivity index (χ1n) is 21.1. The van der Waals surface area contributed by atoms with Gasteiger partial charge in [0.1, 0.15) is 17.6 Å². The van der Waals surface area contributed by atoms with Gasteiger partial charge in [-0.3, -0.25) is 23.9 Å². The lowest BCUT2D eigenvalue weighted by Gasteiger charge is -2.29. The molecule has 57 heavy (non-hydrogen) atoms. The van der Waals surface area contributed by atoms with E-state index in [0.29, 0.717) is 61.6 Å². The molecule has 312 valence electrons. The molecule has 0 spiro atoms. The third-order valence-electron chi connectivity index (χ3n) is 12.8. The fourth-order valence-electron chi connectivity index (χ4n) is 9.24. The second kappa shape index (κ2) is 16.7. The number of ether oxygens (including phenoxy) is 4. The lowest BCUT2D eigenvalue weighted by molar-refractivity contribution is -0.152. The number of hydrogen-bond donors (Lipinski definition) is 1. The Bertz CT molecular complexity index is 1980. The van der Waals surface area contributed by atoms with E-state index in [-0.39, 0.29) is 55.4 Å². The predicted octanol–water partition coefficient (Wildman–Crippen LogP) is 6.22. The Hall–Kier alpha value is -3.94. The molecule has 4 heterocycles. The number of rotatable bonds is 6. The van der Waals surface area contributed by atoms with Crippen molar-refractivity contribution < 1.29 is 46.5 Å². The summed E-state index contributed by atoms with van der Waals surface area (Å²) < 4.78 is 52.6. The van der Waals surface area contributed by atoms with Crippen LogP contribution in [0.3, 0.4) is 0 Å². The van der Waals surface area contributed by atoms with E-state index in [2.05, 4.69) is 18.6 Å². The molecular weight excluding hydrogens is 751 g/mol. The predicted molar refractivity (Wildman–Crippen MR) is 212 cm³/mol. The maximum atomic E-state index is 14.8. The summed E-state index contributed by atoms with van der Waals surface area (Å²) in [5.74, 6) is -0.939. The highest BCUT2D eigenvalue weighted by atomic mass is 32.2. The molecule has 1 N–H and O–H groups in total. The highest BCUT2D eigenvalue weighted by Crippen LogP contribution is 2.59. The highest BCUT2D eigenvalue weighted by molar-refractivity contribution is 7.90. The molecule has 5 bridgehead atoms. The standard InChI is InChI=1S/C43H59N3O10S/c1-5-54-38-22-37-32-18-27(36(53-4)21-33(32)44-38)13-11-17-42(2,3)26-55-39(48)19-28-12-9-7-6-8-10-14-29-23-43(29,41(50)45-57(51,52)31-15-16-31)24-35(47)34-20-30(56-37)25-46(34)40(28)49/h18,21-22,28-31,34H,5-17,19-20,23-26H2,1-4H3,(H,45,50)/t28-,29+,30-,34+,43-/m1/s1. The van der Waals surface area contributed by atoms with Crippen molar-refractivity contribution in [3.63, 3.8) is 0 Å². The summed E-state index contributed by atoms with van der Waals surface area (Å²) in [5, 5.41) is 0.170. The van der Waals surface area contributed by atoms with Crippen molar-refractivity contribution in [1.82, 2.24) is 14.6 Å². The van der Waals surface area contributed by atoms with Crippen molar-refractivity contribution >= 4 is 44.5 Å². The van der Waals surface area contributed by atoms with Crippen LogP contribution in [0.1, 0.15) is 123 Å². The second-order valence-electron chi connectivity index (χ2n) is 17.9. The van der Waals surface area contributed by atoms with Crippen molar-refractivity contribution in [1.29, 1.82) is 0 Å². The summed E-state index contributed by atoms with van der Waals surface area (Å²) in [6.07, 6.45) is 8.53. The van der Waals surface area contributed by atoms with Gasteiger partial charge >= 0.3 is 5.97 Å². The number of hydrogen-bond acceptors (Lipinski definition) is 11. The van der Waals surface area contributed by atoms with Gasteiger partial charge in [0, 0.05) is 36.3 Å². The molecule has 0 radical (unpaired) electrons. The smallest absolute Gasteiger partial charge is 0.306 e. The maximum Gasteiger partial charge on any atom is 0.306 e. The second-order valence-corrected chi connectivity index (χ2v) is 19.8. The molecular formula is C43H59N3O10S. The van der Waals surface area contributed by atoms with Crippen molar-refractivity contribution in [2.45, 2.75) is 141 Å². The van der Waals surface area contributed by atoms with Crippen LogP contribution in [0.5, 0.6) is 17.4 Å². The Kier molecular flexibility index (Phi) is 12.1. The van der Waals surface area contributed by atoms with Gasteiger partial charge in [-0.2, -0.15) is 0 Å². The largest absolute Gasteiger partial charge is 0.496 e. The number of ketones is 1. The van der Waals surface area contributed by atoms with E-state index in [1.165, 1.54) is 0 Å². The van der Waals surface area contributed by atoms with Crippen LogP contribution in [0.25, 0.3) is 10.9 Å². The molecule has 1 aromatic carbocycles. The first kappa shape index (κ1) is 41.2. The third-order valence-corrected chi connectivity index (χ3v) is 14.6. The zero-order chi connectivity index (χ0) is 40.5. The molecule has 4 fully saturated rings. The van der Waals surface area contributed by atoms with E-state index < -0.39 is 50.6 Å². The van der Waals surface area contributed by atoms with Crippen LogP contribution < -0.4 is 18.9 Å². The van der Waals surface area contributed by atoms with Crippen LogP contribution in [-0.2, 0) is 40.4 Å². The molecule has 2 saturated heterocycles. The number of pyridine rings is 1. The van der Waals surface area contributed by atoms with Gasteiger partial charge in [-0.15, -0.1) is 0 Å². The summed E-state index contributed by atoms with van der Waals surface area (Å²) in [4.78, 5) is 63.1. The molecule has 0 unspecified atom stereocenters. The lowest BCUT2D eigenvalue weighted by Crippen LogP contribution is -2.46. The van der Waals surface area contributed by atoms with E-state index in [4.69, 9.17) is 23.9 Å². The van der Waals surface area contributed by atoms with Crippen molar-refractivity contribution in [2.75, 3.05) is 26.9 Å². The number of nitrogens with one attached hydrogen (secondary N) is 1. The minimum atomic E-state index is -3.83. The van der Waals surface area contributed by atoms with E-state index in [1.54, 1.807) is 18.1 Å². The average molecular weight is 810 g/mol. The Morgan fingerprint density at radius 2 is 1.77 bits per heavy atom. The number of fused-ring (bicyclic) bond motifs is 4. The molecule has 3 aliphatic heterocycles. The monoisotopic (exact) mass is 809 g/mol. The SMILES string of the molecule is CCOc1cc2c3cc(c(OC)cc3n1)CCCC(C)(C)COC(=O)C[C@H]1CCCCCCC[C@H]3C[C@@]3(C(=O)NS(=O)(=O)C3CC3)CC(=O)[C@@H]3C[C@H](CN3C1=O)O2. The number of aromatic nitrogens is 1. The number of nitrogens with zero attached hydrogens (tertiary/aromatic N) is 2. The number of carbonyl (C=O) groups is 4. The topological polar surface area (TPSA) is 167 Å². The molecule has 2 aromatic rings. The zero-order valence-electron chi connectivity index (χ0n) is 33.9. The number of sulfonamides is 1. The normalized spacial score (nSPS) is 28.9. The van der Waals surface area contributed by atoms with E-state index >= 15 is 0 Å². The van der Waals surface area contributed by atoms with Crippen LogP contribution in [0.15, 0.2) is 18.2 Å². The van der Waals surface area contributed by atoms with E-state index in [1.807, 2.05) is 19.1 Å². The molecule has 14 heteroatoms. The van der Waals surface area contributed by atoms with Crippen molar-refractivity contribution in [2.24, 2.45) is 22.7 Å². The Labute approximate surface area is 336 Å². The third kappa shape index (κ3) is 9.36. The summed E-state index contributed by atoms with van der Waals surface area (Å²) in [6.45, 7) is 6.68. The number of cyclic esters (lactones) is 1. The van der Waals surface area contributed by atoms with Crippen LogP contribution in [0, 0.1) is 22.7 Å². The quantitative estimate of drug-likeness (QED) is 0.329. The number of Topliss-reactive ketones (excluding diaryl/α,β-unsaturated/α-hetero) is 1. The van der Waals surface area contributed by atoms with Gasteiger partial charge < -0.3 is 23.8 Å². The fourth-order valence-corrected chi connectivity index (χ4v) is 10.6. The number of esters is 1. The van der Waals surface area contributed by atoms with Gasteiger partial charge in [0.2, 0.25) is 27.7 Å². The molecule has 2 aliphatic carbocycles. The van der Waals surface area contributed by atoms with Gasteiger partial charge in [-0.1, -0.05) is 46.0 Å². The molecule has 2 amide bonds. The Morgan fingerprint density at radius 3 is 2.51 bits per heavy atom. The summed E-state index contributed by atoms with van der Waals surface area (Å²) in [5.41, 5.74) is 0.110. The van der Waals surface area contributed by atoms with Crippen LogP contribution >= 0.6 is 0 Å². The minimum Gasteiger partial charge on any atom is -0.496 e. The van der Waals surface area contributed by atoms with Gasteiger partial charge in [-0.25, -0.2) is 13.4 Å². The molecule has 7 rings (SSSR count). The van der Waals surface area contributed by atoms with Gasteiger partial charge in [0.05, 0.1) is 55.5 Å². The lowest BCUT2D eigenvalue weighted by atomic mass is 9.87. The molecule has 2 saturated carbocycles. The van der Waals surface area contributed by atoms with Crippen LogP contribution in [0.2, 0.25) is 0 Å².